The Labute approximate surface area is 115 Å². The van der Waals surface area contributed by atoms with Crippen LogP contribution in [0.5, 0.6) is 0 Å². The van der Waals surface area contributed by atoms with Crippen LogP contribution in [0.25, 0.3) is 6.08 Å². The topological polar surface area (TPSA) is 51.5 Å². The van der Waals surface area contributed by atoms with Gasteiger partial charge in [0, 0.05) is 19.7 Å². The highest BCUT2D eigenvalue weighted by Crippen LogP contribution is 2.18. The van der Waals surface area contributed by atoms with Crippen molar-refractivity contribution >= 4 is 23.3 Å². The molecule has 5 heteroatoms. The van der Waals surface area contributed by atoms with Crippen LogP contribution >= 0.6 is 11.3 Å². The fraction of sp³-hybridized carbons (Fsp3) is 0.214. The summed E-state index contributed by atoms with van der Waals surface area (Å²) in [5.74, 6) is 0.477. The van der Waals surface area contributed by atoms with Crippen LogP contribution in [0.3, 0.4) is 0 Å². The molecule has 19 heavy (non-hydrogen) atoms. The molecule has 0 aliphatic carbocycles. The predicted molar refractivity (Wildman–Crippen MR) is 74.8 cm³/mol. The average molecular weight is 277 g/mol. The maximum atomic E-state index is 11.6. The molecule has 2 aromatic heterocycles. The SMILES string of the molecule is CO[C@@H](CNC(=O)/C=C/c1ccco1)c1ccsc1. The Morgan fingerprint density at radius 3 is 3.11 bits per heavy atom. The monoisotopic (exact) mass is 277 g/mol. The van der Waals surface area contributed by atoms with Gasteiger partial charge < -0.3 is 14.5 Å². The molecule has 0 radical (unpaired) electrons. The van der Waals surface area contributed by atoms with E-state index in [2.05, 4.69) is 5.32 Å². The quantitative estimate of drug-likeness (QED) is 0.826. The van der Waals surface area contributed by atoms with Gasteiger partial charge in [-0.3, -0.25) is 4.79 Å². The van der Waals surface area contributed by atoms with Gasteiger partial charge in [0.1, 0.15) is 11.9 Å². The number of ether oxygens (including phenoxy) is 1. The summed E-state index contributed by atoms with van der Waals surface area (Å²) in [6.07, 6.45) is 4.52. The summed E-state index contributed by atoms with van der Waals surface area (Å²) in [6.45, 7) is 0.439. The molecule has 1 amide bonds. The van der Waals surface area contributed by atoms with Crippen LogP contribution in [0.1, 0.15) is 17.4 Å². The van der Waals surface area contributed by atoms with E-state index in [1.807, 2.05) is 16.8 Å². The molecule has 0 saturated heterocycles. The van der Waals surface area contributed by atoms with E-state index < -0.39 is 0 Å². The van der Waals surface area contributed by atoms with E-state index in [0.29, 0.717) is 12.3 Å². The van der Waals surface area contributed by atoms with Crippen LogP contribution in [-0.4, -0.2) is 19.6 Å². The van der Waals surface area contributed by atoms with Gasteiger partial charge in [-0.15, -0.1) is 0 Å². The molecule has 0 fully saturated rings. The minimum Gasteiger partial charge on any atom is -0.465 e. The Kier molecular flexibility index (Phi) is 4.94. The minimum absolute atomic E-state index is 0.118. The van der Waals surface area contributed by atoms with E-state index in [1.54, 1.807) is 42.9 Å². The molecule has 1 atom stereocenters. The van der Waals surface area contributed by atoms with Crippen molar-refractivity contribution in [2.75, 3.05) is 13.7 Å². The van der Waals surface area contributed by atoms with Gasteiger partial charge >= 0.3 is 0 Å². The number of furan rings is 1. The Balaban J connectivity index is 1.82. The molecule has 2 aromatic rings. The molecule has 100 valence electrons. The highest BCUT2D eigenvalue weighted by atomic mass is 32.1. The van der Waals surface area contributed by atoms with Crippen LogP contribution in [0.2, 0.25) is 0 Å². The fourth-order valence-corrected chi connectivity index (χ4v) is 2.29. The third kappa shape index (κ3) is 4.08. The van der Waals surface area contributed by atoms with E-state index in [4.69, 9.17) is 9.15 Å². The van der Waals surface area contributed by atoms with Gasteiger partial charge in [-0.1, -0.05) is 0 Å². The van der Waals surface area contributed by atoms with Crippen molar-refractivity contribution in [1.29, 1.82) is 0 Å². The number of carbonyl (C=O) groups is 1. The van der Waals surface area contributed by atoms with Crippen molar-refractivity contribution in [3.8, 4) is 0 Å². The normalized spacial score (nSPS) is 12.7. The van der Waals surface area contributed by atoms with Crippen molar-refractivity contribution in [3.05, 3.63) is 52.6 Å². The summed E-state index contributed by atoms with van der Waals surface area (Å²) >= 11 is 1.61. The third-order valence-corrected chi connectivity index (χ3v) is 3.30. The molecule has 0 aliphatic rings. The van der Waals surface area contributed by atoms with E-state index in [9.17, 15) is 4.79 Å². The van der Waals surface area contributed by atoms with Crippen molar-refractivity contribution in [2.24, 2.45) is 0 Å². The predicted octanol–water partition coefficient (Wildman–Crippen LogP) is 2.86. The Morgan fingerprint density at radius 1 is 1.58 bits per heavy atom. The van der Waals surface area contributed by atoms with Crippen molar-refractivity contribution in [2.45, 2.75) is 6.10 Å². The Bertz CT molecular complexity index is 517. The molecule has 2 rings (SSSR count). The molecule has 4 nitrogen and oxygen atoms in total. The van der Waals surface area contributed by atoms with Crippen LogP contribution in [0.15, 0.2) is 45.7 Å². The number of amides is 1. The lowest BCUT2D eigenvalue weighted by Gasteiger charge is -2.14. The van der Waals surface area contributed by atoms with Crippen molar-refractivity contribution in [1.82, 2.24) is 5.32 Å². The van der Waals surface area contributed by atoms with Crippen molar-refractivity contribution in [3.63, 3.8) is 0 Å². The lowest BCUT2D eigenvalue weighted by atomic mass is 10.2. The van der Waals surface area contributed by atoms with Gasteiger partial charge in [0.15, 0.2) is 0 Å². The second kappa shape index (κ2) is 6.92. The number of hydrogen-bond donors (Lipinski definition) is 1. The summed E-state index contributed by atoms with van der Waals surface area (Å²) in [6, 6.07) is 5.55. The lowest BCUT2D eigenvalue weighted by Crippen LogP contribution is -2.27. The Morgan fingerprint density at radius 2 is 2.47 bits per heavy atom. The summed E-state index contributed by atoms with van der Waals surface area (Å²) in [4.78, 5) is 11.6. The number of rotatable bonds is 6. The number of nitrogens with one attached hydrogen (secondary N) is 1. The summed E-state index contributed by atoms with van der Waals surface area (Å²) in [7, 11) is 1.63. The molecule has 0 saturated carbocycles. The van der Waals surface area contributed by atoms with Gasteiger partial charge in [-0.25, -0.2) is 0 Å². The zero-order valence-electron chi connectivity index (χ0n) is 10.5. The fourth-order valence-electron chi connectivity index (χ4n) is 1.59. The van der Waals surface area contributed by atoms with Gasteiger partial charge in [0.05, 0.1) is 6.26 Å². The molecule has 0 bridgehead atoms. The van der Waals surface area contributed by atoms with Gasteiger partial charge in [0.25, 0.3) is 0 Å². The zero-order chi connectivity index (χ0) is 13.5. The van der Waals surface area contributed by atoms with Gasteiger partial charge in [-0.2, -0.15) is 11.3 Å². The largest absolute Gasteiger partial charge is 0.465 e. The summed E-state index contributed by atoms with van der Waals surface area (Å²) in [5, 5.41) is 6.80. The lowest BCUT2D eigenvalue weighted by molar-refractivity contribution is -0.117. The van der Waals surface area contributed by atoms with Crippen molar-refractivity contribution < 1.29 is 13.9 Å². The van der Waals surface area contributed by atoms with Gasteiger partial charge in [-0.05, 0) is 40.6 Å². The smallest absolute Gasteiger partial charge is 0.244 e. The molecule has 1 N–H and O–H groups in total. The van der Waals surface area contributed by atoms with Crippen LogP contribution in [0, 0.1) is 0 Å². The van der Waals surface area contributed by atoms with Crippen LogP contribution in [-0.2, 0) is 9.53 Å². The molecular formula is C14H15NO3S. The third-order valence-electron chi connectivity index (χ3n) is 2.60. The van der Waals surface area contributed by atoms with Gasteiger partial charge in [0.2, 0.25) is 5.91 Å². The second-order valence-corrected chi connectivity index (χ2v) is 4.65. The Hall–Kier alpha value is -1.85. The first-order valence-electron chi connectivity index (χ1n) is 5.84. The first-order chi connectivity index (χ1) is 9.29. The standard InChI is InChI=1S/C14H15NO3S/c1-17-13(11-6-8-19-10-11)9-15-14(16)5-4-12-3-2-7-18-12/h2-8,10,13H,9H2,1H3,(H,15,16)/b5-4+/t13-/m0/s1. The minimum atomic E-state index is -0.173. The molecule has 2 heterocycles. The second-order valence-electron chi connectivity index (χ2n) is 3.87. The summed E-state index contributed by atoms with van der Waals surface area (Å²) in [5.41, 5.74) is 1.07. The number of methoxy groups -OCH3 is 1. The maximum absolute atomic E-state index is 11.6. The highest BCUT2D eigenvalue weighted by Gasteiger charge is 2.11. The molecule has 0 aliphatic heterocycles. The first kappa shape index (κ1) is 13.6. The summed E-state index contributed by atoms with van der Waals surface area (Å²) < 4.78 is 10.4. The molecule has 0 unspecified atom stereocenters. The van der Waals surface area contributed by atoms with Crippen LogP contribution < -0.4 is 5.32 Å². The average Bonchev–Trinajstić information content (AvgIpc) is 3.10. The van der Waals surface area contributed by atoms with E-state index in [0.717, 1.165) is 5.56 Å². The highest BCUT2D eigenvalue weighted by molar-refractivity contribution is 7.07. The number of carbonyl (C=O) groups excluding carboxylic acids is 1. The molecule has 0 aromatic carbocycles. The molecule has 0 spiro atoms. The van der Waals surface area contributed by atoms with Crippen LogP contribution in [0.4, 0.5) is 0 Å². The van der Waals surface area contributed by atoms with E-state index >= 15 is 0 Å². The van der Waals surface area contributed by atoms with E-state index in [1.165, 1.54) is 6.08 Å². The zero-order valence-corrected chi connectivity index (χ0v) is 11.4. The van der Waals surface area contributed by atoms with E-state index in [-0.39, 0.29) is 12.0 Å². The first-order valence-corrected chi connectivity index (χ1v) is 6.78. The number of hydrogen-bond acceptors (Lipinski definition) is 4. The molecular weight excluding hydrogens is 262 g/mol. The maximum Gasteiger partial charge on any atom is 0.244 e. The number of thiophene rings is 1.